The molecular weight excluding hydrogens is 442 g/mol. The molecule has 0 spiro atoms. The Kier molecular flexibility index (Phi) is 7.25. The molecule has 0 N–H and O–H groups in total. The van der Waals surface area contributed by atoms with Crippen molar-refractivity contribution in [1.29, 1.82) is 0 Å². The maximum atomic E-state index is 6.00. The number of allylic oxidation sites excluding steroid dienone is 4. The number of hydrogen-bond donors (Lipinski definition) is 0. The molecule has 0 saturated carbocycles. The third kappa shape index (κ3) is 3.57. The first-order chi connectivity index (χ1) is 11.7. The van der Waals surface area contributed by atoms with Crippen LogP contribution in [0.1, 0.15) is 31.4 Å². The molecule has 0 aliphatic heterocycles. The monoisotopic (exact) mass is 462 g/mol. The van der Waals surface area contributed by atoms with Crippen LogP contribution in [0.2, 0.25) is 0 Å². The van der Waals surface area contributed by atoms with Crippen molar-refractivity contribution in [3.63, 3.8) is 0 Å². The van der Waals surface area contributed by atoms with E-state index in [1.807, 2.05) is 7.11 Å². The Morgan fingerprint density at radius 3 is 2.42 bits per heavy atom. The van der Waals surface area contributed by atoms with E-state index in [0.29, 0.717) is 0 Å². The minimum Gasteiger partial charge on any atom is -1.00 e. The van der Waals surface area contributed by atoms with E-state index in [2.05, 4.69) is 68.5 Å². The van der Waals surface area contributed by atoms with Crippen LogP contribution < -0.4 is 32.8 Å². The average Bonchev–Trinajstić information content (AvgIpc) is 3.22. The predicted molar refractivity (Wildman–Crippen MR) is 99.1 cm³/mol. The van der Waals surface area contributed by atoms with Crippen LogP contribution in [0.15, 0.2) is 57.9 Å². The van der Waals surface area contributed by atoms with Gasteiger partial charge in [0.1, 0.15) is 0 Å². The second-order valence-corrected chi connectivity index (χ2v) is 13.9. The Morgan fingerprint density at radius 2 is 1.77 bits per heavy atom. The fraction of sp³-hybridized carbons (Fsp3) is 0.227. The van der Waals surface area contributed by atoms with Gasteiger partial charge in [0, 0.05) is 0 Å². The van der Waals surface area contributed by atoms with Gasteiger partial charge in [0.15, 0.2) is 0 Å². The first-order valence-electron chi connectivity index (χ1n) is 8.52. The van der Waals surface area contributed by atoms with E-state index in [1.54, 1.807) is 6.49 Å². The standard InChI is InChI=1S/C14H11O.C5H5.C3H6.2ClH.Zr/c1-15-14-8-4-7-12-11-6-3-2-5-10(11)9-13(12)14;1-2-4-5-3-1;1-3-2;;;/h2-7H,9H2,1H3;1-3H,4H2;1-2H3;2*1H;/q;;;;;+2/p-2. The quantitative estimate of drug-likeness (QED) is 0.462. The molecule has 2 aliphatic rings. The zero-order valence-electron chi connectivity index (χ0n) is 15.3. The second kappa shape index (κ2) is 8.83. The molecule has 4 rings (SSSR count). The molecule has 0 amide bonds. The van der Waals surface area contributed by atoms with E-state index in [1.165, 1.54) is 25.5 Å². The van der Waals surface area contributed by atoms with E-state index in [-0.39, 0.29) is 24.8 Å². The third-order valence-electron chi connectivity index (χ3n) is 5.00. The summed E-state index contributed by atoms with van der Waals surface area (Å²) in [6, 6.07) is 13.5. The van der Waals surface area contributed by atoms with Gasteiger partial charge in [0.2, 0.25) is 0 Å². The second-order valence-electron chi connectivity index (χ2n) is 6.71. The number of methoxy groups -OCH3 is 1. The first-order valence-corrected chi connectivity index (χ1v) is 12.2. The van der Waals surface area contributed by atoms with Crippen LogP contribution in [0.4, 0.5) is 0 Å². The Labute approximate surface area is 176 Å². The van der Waals surface area contributed by atoms with Crippen LogP contribution in [0.3, 0.4) is 0 Å². The summed E-state index contributed by atoms with van der Waals surface area (Å²) < 4.78 is 10.8. The van der Waals surface area contributed by atoms with Crippen LogP contribution in [0.5, 0.6) is 5.75 Å². The van der Waals surface area contributed by atoms with Gasteiger partial charge < -0.3 is 24.8 Å². The molecule has 0 fully saturated rings. The molecule has 0 saturated heterocycles. The van der Waals surface area contributed by atoms with Gasteiger partial charge in [-0.3, -0.25) is 0 Å². The first kappa shape index (κ1) is 21.4. The Balaban J connectivity index is 0.00000121. The maximum Gasteiger partial charge on any atom is -1.00 e. The van der Waals surface area contributed by atoms with Crippen molar-refractivity contribution in [2.75, 3.05) is 7.11 Å². The van der Waals surface area contributed by atoms with Gasteiger partial charge in [-0.15, -0.1) is 0 Å². The van der Waals surface area contributed by atoms with Gasteiger partial charge in [-0.05, 0) is 0 Å². The fourth-order valence-electron chi connectivity index (χ4n) is 4.01. The van der Waals surface area contributed by atoms with E-state index in [9.17, 15) is 0 Å². The smallest absolute Gasteiger partial charge is 1.00 e. The number of ether oxygens (including phenoxy) is 1. The van der Waals surface area contributed by atoms with Crippen LogP contribution in [0.25, 0.3) is 11.1 Å². The van der Waals surface area contributed by atoms with E-state index >= 15 is 0 Å². The van der Waals surface area contributed by atoms with Crippen LogP contribution in [0, 0.1) is 0 Å². The number of halogens is 2. The molecule has 0 atom stereocenters. The third-order valence-corrected chi connectivity index (χ3v) is 12.2. The summed E-state index contributed by atoms with van der Waals surface area (Å²) in [4.78, 5) is 0. The average molecular weight is 465 g/mol. The van der Waals surface area contributed by atoms with Crippen LogP contribution in [-0.4, -0.2) is 10.3 Å². The molecule has 0 bridgehead atoms. The van der Waals surface area contributed by atoms with E-state index in [4.69, 9.17) is 4.74 Å². The van der Waals surface area contributed by atoms with Crippen molar-refractivity contribution >= 4 is 6.48 Å². The number of fused-ring (bicyclic) bond motifs is 3. The van der Waals surface area contributed by atoms with Crippen LogP contribution in [-0.2, 0) is 27.7 Å². The van der Waals surface area contributed by atoms with Gasteiger partial charge in [-0.2, -0.15) is 0 Å². The Bertz CT molecular complexity index is 922. The predicted octanol–water partition coefficient (Wildman–Crippen LogP) is -1.43. The molecule has 26 heavy (non-hydrogen) atoms. The fourth-order valence-corrected chi connectivity index (χ4v) is 11.0. The number of hydrogen-bond acceptors (Lipinski definition) is 1. The number of benzene rings is 2. The molecular formula is C22H22Cl2OZr. The van der Waals surface area contributed by atoms with Gasteiger partial charge in [0.25, 0.3) is 0 Å². The molecule has 134 valence electrons. The summed E-state index contributed by atoms with van der Waals surface area (Å²) in [5, 5.41) is 0. The molecule has 2 aromatic carbocycles. The van der Waals surface area contributed by atoms with Crippen molar-refractivity contribution in [3.05, 3.63) is 69.0 Å². The van der Waals surface area contributed by atoms with Crippen molar-refractivity contribution in [2.24, 2.45) is 0 Å². The Morgan fingerprint density at radius 1 is 1.00 bits per heavy atom. The molecule has 2 aliphatic carbocycles. The van der Waals surface area contributed by atoms with E-state index < -0.39 is 21.3 Å². The zero-order valence-corrected chi connectivity index (χ0v) is 19.2. The van der Waals surface area contributed by atoms with Gasteiger partial charge >= 0.3 is 152 Å². The van der Waals surface area contributed by atoms with Gasteiger partial charge in [0.05, 0.1) is 0 Å². The normalized spacial score (nSPS) is 12.8. The molecule has 2 aromatic rings. The summed E-state index contributed by atoms with van der Waals surface area (Å²) >= 11 is -2.00. The van der Waals surface area contributed by atoms with Gasteiger partial charge in [-0.1, -0.05) is 0 Å². The van der Waals surface area contributed by atoms with Crippen molar-refractivity contribution in [3.8, 4) is 16.9 Å². The molecule has 0 aromatic heterocycles. The topological polar surface area (TPSA) is 9.23 Å². The van der Waals surface area contributed by atoms with Crippen molar-refractivity contribution in [1.82, 2.24) is 0 Å². The van der Waals surface area contributed by atoms with Crippen molar-refractivity contribution < 1.29 is 50.8 Å². The summed E-state index contributed by atoms with van der Waals surface area (Å²) in [6.07, 6.45) is 8.98. The molecule has 1 nitrogen and oxygen atoms in total. The number of rotatable bonds is 3. The summed E-state index contributed by atoms with van der Waals surface area (Å²) in [5.41, 5.74) is 5.55. The maximum absolute atomic E-state index is 6.00. The molecule has 0 radical (unpaired) electrons. The molecule has 0 unspecified atom stereocenters. The molecule has 0 heterocycles. The van der Waals surface area contributed by atoms with Gasteiger partial charge in [-0.25, -0.2) is 0 Å². The van der Waals surface area contributed by atoms with E-state index in [0.717, 1.165) is 18.6 Å². The van der Waals surface area contributed by atoms with Crippen LogP contribution >= 0.6 is 0 Å². The summed E-state index contributed by atoms with van der Waals surface area (Å²) in [5.74, 6) is 1.16. The van der Waals surface area contributed by atoms with Crippen molar-refractivity contribution in [2.45, 2.75) is 26.7 Å². The Hall–Kier alpha value is -0.947. The SMILES string of the molecule is COc1[c]([Zr+2]([C]2=CC=CC2)=[C](C)C)ccc2c1Cc1ccccc1-2.[Cl-].[Cl-]. The largest absolute Gasteiger partial charge is 1.00 e. The minimum absolute atomic E-state index is 0. The summed E-state index contributed by atoms with van der Waals surface area (Å²) in [7, 11) is 1.84. The minimum atomic E-state index is -2.00. The zero-order chi connectivity index (χ0) is 16.7. The summed E-state index contributed by atoms with van der Waals surface area (Å²) in [6.45, 7) is 4.63. The molecule has 4 heteroatoms.